The number of hydrogen-bond donors (Lipinski definition) is 2. The standard InChI is InChI=1S/C15H17N5O3S/c1-16-12(21)6-10-8-24-15(17-10)18-13(22)7-20-14(23)5-4-11(19-20)9-2-3-9/h4-5,8-9H,2-3,6-7H2,1H3,(H,16,21)(H,17,18,22). The molecule has 1 fully saturated rings. The van der Waals surface area contributed by atoms with Crippen LogP contribution >= 0.6 is 11.3 Å². The summed E-state index contributed by atoms with van der Waals surface area (Å²) >= 11 is 1.23. The number of thiazole rings is 1. The SMILES string of the molecule is CNC(=O)Cc1csc(NC(=O)Cn2nc(C3CC3)ccc2=O)n1. The third-order valence-electron chi connectivity index (χ3n) is 3.59. The van der Waals surface area contributed by atoms with E-state index >= 15 is 0 Å². The minimum Gasteiger partial charge on any atom is -0.359 e. The van der Waals surface area contributed by atoms with E-state index in [1.165, 1.54) is 22.1 Å². The number of hydrogen-bond acceptors (Lipinski definition) is 6. The molecule has 2 heterocycles. The molecule has 0 saturated heterocycles. The van der Waals surface area contributed by atoms with Crippen LogP contribution in [-0.4, -0.2) is 33.6 Å². The second-order valence-electron chi connectivity index (χ2n) is 5.57. The molecule has 1 aliphatic rings. The van der Waals surface area contributed by atoms with Gasteiger partial charge >= 0.3 is 0 Å². The Morgan fingerprint density at radius 1 is 1.33 bits per heavy atom. The molecule has 1 saturated carbocycles. The van der Waals surface area contributed by atoms with E-state index in [0.717, 1.165) is 18.5 Å². The van der Waals surface area contributed by atoms with Gasteiger partial charge in [0.15, 0.2) is 5.13 Å². The smallest absolute Gasteiger partial charge is 0.267 e. The molecule has 2 amide bonds. The number of anilines is 1. The number of amides is 2. The van der Waals surface area contributed by atoms with Crippen molar-refractivity contribution in [1.82, 2.24) is 20.1 Å². The monoisotopic (exact) mass is 347 g/mol. The Kier molecular flexibility index (Phi) is 4.70. The van der Waals surface area contributed by atoms with Crippen LogP contribution in [0.2, 0.25) is 0 Å². The van der Waals surface area contributed by atoms with Crippen molar-refractivity contribution in [2.75, 3.05) is 12.4 Å². The summed E-state index contributed by atoms with van der Waals surface area (Å²) in [7, 11) is 1.55. The van der Waals surface area contributed by atoms with Gasteiger partial charge in [-0.2, -0.15) is 5.10 Å². The molecule has 0 radical (unpaired) electrons. The predicted octanol–water partition coefficient (Wildman–Crippen LogP) is 0.504. The summed E-state index contributed by atoms with van der Waals surface area (Å²) in [6.45, 7) is -0.163. The largest absolute Gasteiger partial charge is 0.359 e. The molecule has 1 aliphatic carbocycles. The molecule has 9 heteroatoms. The fourth-order valence-electron chi connectivity index (χ4n) is 2.17. The van der Waals surface area contributed by atoms with E-state index in [-0.39, 0.29) is 30.3 Å². The Hall–Kier alpha value is -2.55. The highest BCUT2D eigenvalue weighted by atomic mass is 32.1. The number of nitrogens with one attached hydrogen (secondary N) is 2. The summed E-state index contributed by atoms with van der Waals surface area (Å²) in [5.74, 6) is -0.115. The second-order valence-corrected chi connectivity index (χ2v) is 6.43. The number of carbonyl (C=O) groups is 2. The molecular formula is C15H17N5O3S. The molecule has 2 aromatic heterocycles. The van der Waals surface area contributed by atoms with E-state index in [9.17, 15) is 14.4 Å². The van der Waals surface area contributed by atoms with Crippen LogP contribution in [0.25, 0.3) is 0 Å². The third kappa shape index (κ3) is 4.05. The maximum atomic E-state index is 12.1. The highest BCUT2D eigenvalue weighted by molar-refractivity contribution is 7.13. The highest BCUT2D eigenvalue weighted by Crippen LogP contribution is 2.38. The summed E-state index contributed by atoms with van der Waals surface area (Å²) < 4.78 is 1.17. The van der Waals surface area contributed by atoms with Crippen LogP contribution in [-0.2, 0) is 22.6 Å². The van der Waals surface area contributed by atoms with Gasteiger partial charge in [-0.05, 0) is 18.9 Å². The Morgan fingerprint density at radius 3 is 2.83 bits per heavy atom. The van der Waals surface area contributed by atoms with Crippen LogP contribution in [0.5, 0.6) is 0 Å². The molecular weight excluding hydrogens is 330 g/mol. The number of nitrogens with zero attached hydrogens (tertiary/aromatic N) is 3. The van der Waals surface area contributed by atoms with Gasteiger partial charge in [-0.1, -0.05) is 0 Å². The lowest BCUT2D eigenvalue weighted by Crippen LogP contribution is -2.29. The number of carbonyl (C=O) groups excluding carboxylic acids is 2. The van der Waals surface area contributed by atoms with Crippen molar-refractivity contribution in [3.63, 3.8) is 0 Å². The van der Waals surface area contributed by atoms with Gasteiger partial charge in [-0.3, -0.25) is 14.4 Å². The number of aromatic nitrogens is 3. The minimum atomic E-state index is -0.376. The van der Waals surface area contributed by atoms with Crippen molar-refractivity contribution in [3.05, 3.63) is 39.3 Å². The van der Waals surface area contributed by atoms with E-state index in [4.69, 9.17) is 0 Å². The molecule has 0 spiro atoms. The average Bonchev–Trinajstić information content (AvgIpc) is 3.31. The number of rotatable bonds is 6. The molecule has 0 atom stereocenters. The van der Waals surface area contributed by atoms with Gasteiger partial charge in [-0.15, -0.1) is 11.3 Å². The van der Waals surface area contributed by atoms with Crippen LogP contribution in [0.4, 0.5) is 5.13 Å². The normalized spacial score (nSPS) is 13.5. The lowest BCUT2D eigenvalue weighted by molar-refractivity contribution is -0.120. The molecule has 0 aromatic carbocycles. The molecule has 24 heavy (non-hydrogen) atoms. The summed E-state index contributed by atoms with van der Waals surface area (Å²) in [5.41, 5.74) is 1.12. The van der Waals surface area contributed by atoms with Gasteiger partial charge in [0.05, 0.1) is 17.8 Å². The van der Waals surface area contributed by atoms with Gasteiger partial charge < -0.3 is 10.6 Å². The van der Waals surface area contributed by atoms with E-state index < -0.39 is 0 Å². The molecule has 0 aliphatic heterocycles. The zero-order chi connectivity index (χ0) is 17.1. The van der Waals surface area contributed by atoms with E-state index in [1.54, 1.807) is 18.5 Å². The van der Waals surface area contributed by atoms with Crippen LogP contribution < -0.4 is 16.2 Å². The number of likely N-dealkylation sites (N-methyl/N-ethyl adjacent to an activating group) is 1. The van der Waals surface area contributed by atoms with Crippen molar-refractivity contribution < 1.29 is 9.59 Å². The van der Waals surface area contributed by atoms with Crippen molar-refractivity contribution in [3.8, 4) is 0 Å². The maximum Gasteiger partial charge on any atom is 0.267 e. The lowest BCUT2D eigenvalue weighted by Gasteiger charge is -2.06. The minimum absolute atomic E-state index is 0.147. The predicted molar refractivity (Wildman–Crippen MR) is 89.0 cm³/mol. The Labute approximate surface area is 141 Å². The summed E-state index contributed by atoms with van der Waals surface area (Å²) in [6, 6.07) is 3.17. The van der Waals surface area contributed by atoms with Crippen LogP contribution in [0, 0.1) is 0 Å². The fraction of sp³-hybridized carbons (Fsp3) is 0.400. The molecule has 126 valence electrons. The first kappa shape index (κ1) is 16.3. The Morgan fingerprint density at radius 2 is 2.12 bits per heavy atom. The first-order chi connectivity index (χ1) is 11.5. The van der Waals surface area contributed by atoms with Gasteiger partial charge in [0.2, 0.25) is 11.8 Å². The molecule has 0 unspecified atom stereocenters. The van der Waals surface area contributed by atoms with Crippen molar-refractivity contribution in [2.45, 2.75) is 31.7 Å². The average molecular weight is 347 g/mol. The third-order valence-corrected chi connectivity index (χ3v) is 4.40. The summed E-state index contributed by atoms with van der Waals surface area (Å²) in [4.78, 5) is 39.4. The van der Waals surface area contributed by atoms with Crippen molar-refractivity contribution in [1.29, 1.82) is 0 Å². The van der Waals surface area contributed by atoms with Crippen LogP contribution in [0.1, 0.15) is 30.1 Å². The highest BCUT2D eigenvalue weighted by Gasteiger charge is 2.25. The topological polar surface area (TPSA) is 106 Å². The van der Waals surface area contributed by atoms with Gasteiger partial charge in [0.25, 0.3) is 5.56 Å². The van der Waals surface area contributed by atoms with Gasteiger partial charge in [0.1, 0.15) is 6.54 Å². The summed E-state index contributed by atoms with van der Waals surface area (Å²) in [5, 5.41) is 11.5. The first-order valence-electron chi connectivity index (χ1n) is 7.58. The molecule has 0 bridgehead atoms. The Balaban J connectivity index is 1.62. The van der Waals surface area contributed by atoms with Gasteiger partial charge in [-0.25, -0.2) is 9.67 Å². The van der Waals surface area contributed by atoms with E-state index in [0.29, 0.717) is 16.7 Å². The van der Waals surface area contributed by atoms with Crippen LogP contribution in [0.3, 0.4) is 0 Å². The van der Waals surface area contributed by atoms with Crippen molar-refractivity contribution in [2.24, 2.45) is 0 Å². The van der Waals surface area contributed by atoms with E-state index in [2.05, 4.69) is 20.7 Å². The Bertz CT molecular complexity index is 825. The van der Waals surface area contributed by atoms with Crippen LogP contribution in [0.15, 0.2) is 22.3 Å². The van der Waals surface area contributed by atoms with E-state index in [1.807, 2.05) is 0 Å². The molecule has 3 rings (SSSR count). The molecule has 2 aromatic rings. The molecule has 2 N–H and O–H groups in total. The summed E-state index contributed by atoms with van der Waals surface area (Å²) in [6.07, 6.45) is 2.31. The first-order valence-corrected chi connectivity index (χ1v) is 8.46. The molecule has 8 nitrogen and oxygen atoms in total. The quantitative estimate of drug-likeness (QED) is 0.792. The second kappa shape index (κ2) is 6.91. The lowest BCUT2D eigenvalue weighted by atomic mass is 10.3. The van der Waals surface area contributed by atoms with Gasteiger partial charge in [0, 0.05) is 24.4 Å². The maximum absolute atomic E-state index is 12.1. The zero-order valence-corrected chi connectivity index (χ0v) is 13.9. The van der Waals surface area contributed by atoms with Crippen molar-refractivity contribution >= 4 is 28.3 Å². The zero-order valence-electron chi connectivity index (χ0n) is 13.1. The fourth-order valence-corrected chi connectivity index (χ4v) is 2.89.